The van der Waals surface area contributed by atoms with Gasteiger partial charge in [-0.05, 0) is 34.8 Å². The summed E-state index contributed by atoms with van der Waals surface area (Å²) in [6.45, 7) is 0. The van der Waals surface area contributed by atoms with E-state index in [1.165, 1.54) is 24.8 Å². The van der Waals surface area contributed by atoms with Crippen LogP contribution >= 0.6 is 15.9 Å². The molecule has 0 bridgehead atoms. The molecule has 0 aromatic heterocycles. The molecule has 0 atom stereocenters. The van der Waals surface area contributed by atoms with Gasteiger partial charge in [0.05, 0.1) is 11.2 Å². The summed E-state index contributed by atoms with van der Waals surface area (Å²) < 4.78 is 0.967. The van der Waals surface area contributed by atoms with Crippen LogP contribution < -0.4 is 10.6 Å². The van der Waals surface area contributed by atoms with Gasteiger partial charge in [0.2, 0.25) is 0 Å². The molecule has 17 heavy (non-hydrogen) atoms. The van der Waals surface area contributed by atoms with Gasteiger partial charge >= 0.3 is 6.03 Å². The van der Waals surface area contributed by atoms with E-state index in [4.69, 9.17) is 0 Å². The van der Waals surface area contributed by atoms with Crippen LogP contribution in [0.2, 0.25) is 0 Å². The molecule has 1 saturated carbocycles. The molecule has 3 nitrogen and oxygen atoms in total. The molecule has 1 heterocycles. The Morgan fingerprint density at radius 1 is 1.18 bits per heavy atom. The smallest absolute Gasteiger partial charge is 0.319 e. The van der Waals surface area contributed by atoms with Crippen LogP contribution in [0.1, 0.15) is 37.7 Å². The molecule has 1 fully saturated rings. The number of carbonyl (C=O) groups excluding carboxylic acids is 1. The van der Waals surface area contributed by atoms with E-state index >= 15 is 0 Å². The standard InChI is InChI=1S/C13H15BrN2O/c14-10-6-4-5-9-11(10)15-12(17)16-13(9)7-2-1-3-8-13/h4-6H,1-3,7-8H2,(H2,15,16,17). The van der Waals surface area contributed by atoms with E-state index in [2.05, 4.69) is 32.6 Å². The molecule has 2 aliphatic rings. The topological polar surface area (TPSA) is 41.1 Å². The van der Waals surface area contributed by atoms with Crippen LogP contribution in [0.4, 0.5) is 10.5 Å². The first kappa shape index (κ1) is 11.1. The molecule has 0 saturated heterocycles. The van der Waals surface area contributed by atoms with Crippen LogP contribution in [-0.4, -0.2) is 6.03 Å². The lowest BCUT2D eigenvalue weighted by Crippen LogP contribution is -2.52. The number of hydrogen-bond donors (Lipinski definition) is 2. The number of fused-ring (bicyclic) bond motifs is 2. The molecule has 2 amide bonds. The fourth-order valence-electron chi connectivity index (χ4n) is 3.03. The number of halogens is 1. The van der Waals surface area contributed by atoms with Crippen molar-refractivity contribution in [2.45, 2.75) is 37.6 Å². The predicted octanol–water partition coefficient (Wildman–Crippen LogP) is 3.74. The number of urea groups is 1. The number of carbonyl (C=O) groups is 1. The first-order chi connectivity index (χ1) is 8.21. The van der Waals surface area contributed by atoms with Crippen LogP contribution in [-0.2, 0) is 5.54 Å². The van der Waals surface area contributed by atoms with E-state index in [-0.39, 0.29) is 11.6 Å². The zero-order valence-electron chi connectivity index (χ0n) is 9.55. The minimum Gasteiger partial charge on any atom is -0.328 e. The first-order valence-corrected chi connectivity index (χ1v) is 6.89. The minimum atomic E-state index is -0.139. The van der Waals surface area contributed by atoms with Gasteiger partial charge in [0.15, 0.2) is 0 Å². The van der Waals surface area contributed by atoms with Crippen molar-refractivity contribution < 1.29 is 4.79 Å². The molecule has 2 N–H and O–H groups in total. The Balaban J connectivity index is 2.13. The van der Waals surface area contributed by atoms with Gasteiger partial charge in [0.1, 0.15) is 0 Å². The second-order valence-electron chi connectivity index (χ2n) is 4.88. The van der Waals surface area contributed by atoms with Crippen molar-refractivity contribution in [2.24, 2.45) is 0 Å². The van der Waals surface area contributed by atoms with Gasteiger partial charge in [-0.1, -0.05) is 31.4 Å². The number of amides is 2. The highest BCUT2D eigenvalue weighted by atomic mass is 79.9. The molecular weight excluding hydrogens is 280 g/mol. The lowest BCUT2D eigenvalue weighted by Gasteiger charge is -2.42. The van der Waals surface area contributed by atoms with E-state index in [0.717, 1.165) is 23.0 Å². The largest absolute Gasteiger partial charge is 0.328 e. The molecule has 1 aromatic rings. The minimum absolute atomic E-state index is 0.0775. The Kier molecular flexibility index (Phi) is 2.62. The van der Waals surface area contributed by atoms with Crippen molar-refractivity contribution in [3.63, 3.8) is 0 Å². The highest BCUT2D eigenvalue weighted by Gasteiger charge is 2.40. The van der Waals surface area contributed by atoms with Crippen LogP contribution in [0.5, 0.6) is 0 Å². The lowest BCUT2D eigenvalue weighted by molar-refractivity contribution is 0.208. The van der Waals surface area contributed by atoms with Gasteiger partial charge < -0.3 is 10.6 Å². The van der Waals surface area contributed by atoms with Crippen molar-refractivity contribution in [3.8, 4) is 0 Å². The monoisotopic (exact) mass is 294 g/mol. The zero-order valence-corrected chi connectivity index (χ0v) is 11.1. The van der Waals surface area contributed by atoms with E-state index in [1.807, 2.05) is 12.1 Å². The van der Waals surface area contributed by atoms with Gasteiger partial charge in [-0.25, -0.2) is 4.79 Å². The highest BCUT2D eigenvalue weighted by molar-refractivity contribution is 9.10. The van der Waals surface area contributed by atoms with Gasteiger partial charge in [-0.15, -0.1) is 0 Å². The third-order valence-corrected chi connectivity index (χ3v) is 4.49. The normalized spacial score (nSPS) is 21.6. The lowest BCUT2D eigenvalue weighted by atomic mass is 9.75. The summed E-state index contributed by atoms with van der Waals surface area (Å²) >= 11 is 3.52. The summed E-state index contributed by atoms with van der Waals surface area (Å²) in [5.74, 6) is 0. The Morgan fingerprint density at radius 2 is 1.94 bits per heavy atom. The SMILES string of the molecule is O=C1Nc2c(Br)cccc2C2(CCCCC2)N1. The van der Waals surface area contributed by atoms with Crippen molar-refractivity contribution in [3.05, 3.63) is 28.2 Å². The predicted molar refractivity (Wildman–Crippen MR) is 71.1 cm³/mol. The van der Waals surface area contributed by atoms with Crippen LogP contribution in [0.25, 0.3) is 0 Å². The summed E-state index contributed by atoms with van der Waals surface area (Å²) in [4.78, 5) is 11.8. The summed E-state index contributed by atoms with van der Waals surface area (Å²) in [7, 11) is 0. The molecule has 1 aliphatic carbocycles. The van der Waals surface area contributed by atoms with Gasteiger partial charge in [0.25, 0.3) is 0 Å². The van der Waals surface area contributed by atoms with Gasteiger partial charge in [0, 0.05) is 10.0 Å². The van der Waals surface area contributed by atoms with Crippen molar-refractivity contribution >= 4 is 27.6 Å². The fraction of sp³-hybridized carbons (Fsp3) is 0.462. The maximum Gasteiger partial charge on any atom is 0.319 e. The molecule has 1 aromatic carbocycles. The molecule has 0 unspecified atom stereocenters. The molecule has 4 heteroatoms. The van der Waals surface area contributed by atoms with Crippen LogP contribution in [0, 0.1) is 0 Å². The quantitative estimate of drug-likeness (QED) is 0.752. The second kappa shape index (κ2) is 4.02. The first-order valence-electron chi connectivity index (χ1n) is 6.09. The molecule has 90 valence electrons. The second-order valence-corrected chi connectivity index (χ2v) is 5.74. The zero-order chi connectivity index (χ0) is 11.9. The number of hydrogen-bond acceptors (Lipinski definition) is 1. The summed E-state index contributed by atoms with van der Waals surface area (Å²) in [6.07, 6.45) is 5.74. The number of nitrogens with one attached hydrogen (secondary N) is 2. The Bertz CT molecular complexity index is 466. The summed E-state index contributed by atoms with van der Waals surface area (Å²) in [6, 6.07) is 6.06. The third kappa shape index (κ3) is 1.75. The van der Waals surface area contributed by atoms with Crippen molar-refractivity contribution in [1.82, 2.24) is 5.32 Å². The average molecular weight is 295 g/mol. The maximum absolute atomic E-state index is 11.8. The fourth-order valence-corrected chi connectivity index (χ4v) is 3.49. The highest BCUT2D eigenvalue weighted by Crippen LogP contribution is 2.44. The molecule has 3 rings (SSSR count). The number of anilines is 1. The van der Waals surface area contributed by atoms with Crippen LogP contribution in [0.15, 0.2) is 22.7 Å². The van der Waals surface area contributed by atoms with E-state index in [0.29, 0.717) is 0 Å². The van der Waals surface area contributed by atoms with Gasteiger partial charge in [-0.2, -0.15) is 0 Å². The van der Waals surface area contributed by atoms with Crippen LogP contribution in [0.3, 0.4) is 0 Å². The van der Waals surface area contributed by atoms with E-state index in [1.54, 1.807) is 0 Å². The molecule has 1 aliphatic heterocycles. The average Bonchev–Trinajstić information content (AvgIpc) is 2.32. The molecule has 1 spiro atoms. The maximum atomic E-state index is 11.8. The summed E-state index contributed by atoms with van der Waals surface area (Å²) in [5.41, 5.74) is 2.03. The van der Waals surface area contributed by atoms with Crippen molar-refractivity contribution in [2.75, 3.05) is 5.32 Å². The van der Waals surface area contributed by atoms with E-state index in [9.17, 15) is 4.79 Å². The summed E-state index contributed by atoms with van der Waals surface area (Å²) in [5, 5.41) is 6.05. The Morgan fingerprint density at radius 3 is 2.71 bits per heavy atom. The number of para-hydroxylation sites is 1. The third-order valence-electron chi connectivity index (χ3n) is 3.83. The Labute approximate surface area is 109 Å². The number of rotatable bonds is 0. The molecular formula is C13H15BrN2O. The van der Waals surface area contributed by atoms with E-state index < -0.39 is 0 Å². The Hall–Kier alpha value is -1.03. The number of benzene rings is 1. The molecule has 0 radical (unpaired) electrons. The van der Waals surface area contributed by atoms with Gasteiger partial charge in [-0.3, -0.25) is 0 Å². The van der Waals surface area contributed by atoms with Crippen molar-refractivity contribution in [1.29, 1.82) is 0 Å².